The lowest BCUT2D eigenvalue weighted by Gasteiger charge is -2.17. The molecule has 18 heavy (non-hydrogen) atoms. The van der Waals surface area contributed by atoms with E-state index in [1.54, 1.807) is 12.1 Å². The first-order valence-corrected chi connectivity index (χ1v) is 8.04. The van der Waals surface area contributed by atoms with Gasteiger partial charge in [0.15, 0.2) is 0 Å². The van der Waals surface area contributed by atoms with E-state index in [4.69, 9.17) is 0 Å². The normalized spacial score (nSPS) is 20.7. The number of anilines is 1. The Hall–Kier alpha value is -0.660. The number of hydrogen-bond donors (Lipinski definition) is 0. The van der Waals surface area contributed by atoms with Crippen molar-refractivity contribution >= 4 is 31.8 Å². The Bertz CT molecular complexity index is 516. The molecule has 0 N–H and O–H groups in total. The quantitative estimate of drug-likeness (QED) is 0.782. The summed E-state index contributed by atoms with van der Waals surface area (Å²) in [6.07, 6.45) is 2.51. The van der Waals surface area contributed by atoms with Gasteiger partial charge in [0.1, 0.15) is 10.7 Å². The molecule has 1 aromatic heterocycles. The van der Waals surface area contributed by atoms with Crippen LogP contribution in [-0.2, 0) is 10.0 Å². The molecule has 1 atom stereocenters. The van der Waals surface area contributed by atoms with Crippen molar-refractivity contribution in [3.8, 4) is 0 Å². The third-order valence-corrected chi connectivity index (χ3v) is 5.50. The molecule has 0 aliphatic carbocycles. The maximum absolute atomic E-state index is 11.9. The van der Waals surface area contributed by atoms with Gasteiger partial charge >= 0.3 is 0 Å². The van der Waals surface area contributed by atoms with Crippen molar-refractivity contribution in [3.63, 3.8) is 0 Å². The van der Waals surface area contributed by atoms with Crippen LogP contribution in [0.4, 0.5) is 5.82 Å². The summed E-state index contributed by atoms with van der Waals surface area (Å²) >= 11 is 3.57. The first-order valence-electron chi connectivity index (χ1n) is 5.69. The molecule has 2 heterocycles. The first-order chi connectivity index (χ1) is 8.41. The molecule has 0 saturated carbocycles. The molecule has 5 nitrogen and oxygen atoms in total. The van der Waals surface area contributed by atoms with Crippen molar-refractivity contribution in [2.75, 3.05) is 32.1 Å². The lowest BCUT2D eigenvalue weighted by atomic mass is 10.4. The van der Waals surface area contributed by atoms with E-state index in [9.17, 15) is 8.42 Å². The van der Waals surface area contributed by atoms with Crippen LogP contribution in [0.5, 0.6) is 0 Å². The Balaban J connectivity index is 2.21. The molecule has 1 fully saturated rings. The SMILES string of the molecule is CN(C)S(=O)(=O)c1ccc(N2CCC(Br)C2)nc1. The number of halogens is 1. The fourth-order valence-corrected chi connectivity index (χ4v) is 3.25. The van der Waals surface area contributed by atoms with E-state index in [2.05, 4.69) is 25.8 Å². The second kappa shape index (κ2) is 5.14. The van der Waals surface area contributed by atoms with Crippen molar-refractivity contribution in [2.24, 2.45) is 0 Å². The van der Waals surface area contributed by atoms with Gasteiger partial charge in [-0.1, -0.05) is 15.9 Å². The van der Waals surface area contributed by atoms with Gasteiger partial charge in [-0.2, -0.15) is 0 Å². The number of rotatable bonds is 3. The van der Waals surface area contributed by atoms with Crippen LogP contribution in [0.25, 0.3) is 0 Å². The van der Waals surface area contributed by atoms with Crippen LogP contribution in [-0.4, -0.2) is 49.7 Å². The van der Waals surface area contributed by atoms with E-state index in [1.807, 2.05) is 0 Å². The summed E-state index contributed by atoms with van der Waals surface area (Å²) in [6.45, 7) is 1.86. The largest absolute Gasteiger partial charge is 0.355 e. The Labute approximate surface area is 116 Å². The molecule has 1 aromatic rings. The second-order valence-electron chi connectivity index (χ2n) is 4.47. The van der Waals surface area contributed by atoms with Crippen LogP contribution in [0, 0.1) is 0 Å². The summed E-state index contributed by atoms with van der Waals surface area (Å²) < 4.78 is 25.0. The number of pyridine rings is 1. The van der Waals surface area contributed by atoms with Crippen molar-refractivity contribution in [2.45, 2.75) is 16.1 Å². The van der Waals surface area contributed by atoms with Gasteiger partial charge in [0, 0.05) is 38.2 Å². The number of aromatic nitrogens is 1. The summed E-state index contributed by atoms with van der Waals surface area (Å²) in [6, 6.07) is 3.38. The van der Waals surface area contributed by atoms with Crippen molar-refractivity contribution in [3.05, 3.63) is 18.3 Å². The molecular weight excluding hydrogens is 318 g/mol. The molecule has 0 bridgehead atoms. The number of alkyl halides is 1. The molecule has 7 heteroatoms. The smallest absolute Gasteiger partial charge is 0.244 e. The van der Waals surface area contributed by atoms with Crippen molar-refractivity contribution in [1.29, 1.82) is 0 Å². The van der Waals surface area contributed by atoms with E-state index in [0.717, 1.165) is 25.3 Å². The minimum absolute atomic E-state index is 0.228. The predicted molar refractivity (Wildman–Crippen MR) is 74.7 cm³/mol. The summed E-state index contributed by atoms with van der Waals surface area (Å²) in [7, 11) is -0.359. The van der Waals surface area contributed by atoms with Crippen molar-refractivity contribution < 1.29 is 8.42 Å². The summed E-state index contributed by atoms with van der Waals surface area (Å²) in [5.74, 6) is 0.828. The highest BCUT2D eigenvalue weighted by atomic mass is 79.9. The van der Waals surface area contributed by atoms with Crippen LogP contribution in [0.2, 0.25) is 0 Å². The maximum atomic E-state index is 11.9. The molecule has 1 saturated heterocycles. The average molecular weight is 334 g/mol. The number of hydrogen-bond acceptors (Lipinski definition) is 4. The molecule has 1 aliphatic heterocycles. The van der Waals surface area contributed by atoms with Gasteiger partial charge < -0.3 is 4.90 Å². The summed E-state index contributed by atoms with van der Waals surface area (Å²) in [5.41, 5.74) is 0. The lowest BCUT2D eigenvalue weighted by molar-refractivity contribution is 0.520. The predicted octanol–water partition coefficient (Wildman–Crippen LogP) is 1.31. The fourth-order valence-electron chi connectivity index (χ4n) is 1.85. The molecule has 0 spiro atoms. The van der Waals surface area contributed by atoms with E-state index in [1.165, 1.54) is 24.6 Å². The topological polar surface area (TPSA) is 53.5 Å². The number of sulfonamides is 1. The van der Waals surface area contributed by atoms with Crippen LogP contribution < -0.4 is 4.90 Å². The molecule has 0 radical (unpaired) electrons. The van der Waals surface area contributed by atoms with Crippen molar-refractivity contribution in [1.82, 2.24) is 9.29 Å². The zero-order valence-electron chi connectivity index (χ0n) is 10.4. The maximum Gasteiger partial charge on any atom is 0.244 e. The molecule has 0 aromatic carbocycles. The highest BCUT2D eigenvalue weighted by Gasteiger charge is 2.22. The minimum Gasteiger partial charge on any atom is -0.355 e. The Kier molecular flexibility index (Phi) is 3.93. The van der Waals surface area contributed by atoms with Gasteiger partial charge in [-0.25, -0.2) is 17.7 Å². The molecule has 0 amide bonds. The van der Waals surface area contributed by atoms with Gasteiger partial charge in [0.25, 0.3) is 0 Å². The molecule has 1 aliphatic rings. The Morgan fingerprint density at radius 3 is 2.61 bits per heavy atom. The van der Waals surface area contributed by atoms with E-state index < -0.39 is 10.0 Å². The van der Waals surface area contributed by atoms with Crippen LogP contribution >= 0.6 is 15.9 Å². The minimum atomic E-state index is -3.38. The van der Waals surface area contributed by atoms with Gasteiger partial charge in [-0.05, 0) is 18.6 Å². The van der Waals surface area contributed by atoms with Gasteiger partial charge in [0.05, 0.1) is 0 Å². The van der Waals surface area contributed by atoms with Crippen LogP contribution in [0.15, 0.2) is 23.2 Å². The van der Waals surface area contributed by atoms with E-state index >= 15 is 0 Å². The third-order valence-electron chi connectivity index (χ3n) is 2.95. The lowest BCUT2D eigenvalue weighted by Crippen LogP contribution is -2.23. The van der Waals surface area contributed by atoms with Gasteiger partial charge in [-0.3, -0.25) is 0 Å². The monoisotopic (exact) mass is 333 g/mol. The average Bonchev–Trinajstić information content (AvgIpc) is 2.76. The van der Waals surface area contributed by atoms with Gasteiger partial charge in [0.2, 0.25) is 10.0 Å². The van der Waals surface area contributed by atoms with E-state index in [-0.39, 0.29) is 4.90 Å². The second-order valence-corrected chi connectivity index (χ2v) is 7.92. The summed E-state index contributed by atoms with van der Waals surface area (Å²) in [4.78, 5) is 7.11. The molecule has 2 rings (SSSR count). The Morgan fingerprint density at radius 1 is 1.44 bits per heavy atom. The third kappa shape index (κ3) is 2.67. The molecule has 1 unspecified atom stereocenters. The first kappa shape index (κ1) is 13.8. The van der Waals surface area contributed by atoms with Gasteiger partial charge in [-0.15, -0.1) is 0 Å². The Morgan fingerprint density at radius 2 is 2.17 bits per heavy atom. The van der Waals surface area contributed by atoms with E-state index in [0.29, 0.717) is 4.83 Å². The zero-order valence-corrected chi connectivity index (χ0v) is 12.8. The molecule has 100 valence electrons. The van der Waals surface area contributed by atoms with Crippen LogP contribution in [0.1, 0.15) is 6.42 Å². The standard InChI is InChI=1S/C11H16BrN3O2S/c1-14(2)18(16,17)10-3-4-11(13-7-10)15-6-5-9(12)8-15/h3-4,7,9H,5-6,8H2,1-2H3. The summed E-state index contributed by atoms with van der Waals surface area (Å²) in [5, 5.41) is 0. The fraction of sp³-hybridized carbons (Fsp3) is 0.545. The highest BCUT2D eigenvalue weighted by molar-refractivity contribution is 9.09. The number of nitrogens with zero attached hydrogens (tertiary/aromatic N) is 3. The zero-order chi connectivity index (χ0) is 13.3. The molecular formula is C11H16BrN3O2S. The van der Waals surface area contributed by atoms with Crippen LogP contribution in [0.3, 0.4) is 0 Å². The highest BCUT2D eigenvalue weighted by Crippen LogP contribution is 2.23.